The molecule has 0 saturated carbocycles. The van der Waals surface area contributed by atoms with Crippen LogP contribution in [0, 0.1) is 5.82 Å². The molecule has 3 aromatic carbocycles. The van der Waals surface area contributed by atoms with Crippen molar-refractivity contribution in [1.82, 2.24) is 5.32 Å². The van der Waals surface area contributed by atoms with Gasteiger partial charge in [-0.2, -0.15) is 0 Å². The molecule has 0 aliphatic carbocycles. The smallest absolute Gasteiger partial charge is 0.131 e. The average molecular weight is 477 g/mol. The van der Waals surface area contributed by atoms with Gasteiger partial charge in [0, 0.05) is 28.2 Å². The number of benzene rings is 3. The lowest BCUT2D eigenvalue weighted by Crippen LogP contribution is -2.26. The topological polar surface area (TPSA) is 21.3 Å². The van der Waals surface area contributed by atoms with Crippen molar-refractivity contribution in [3.63, 3.8) is 0 Å². The predicted octanol–water partition coefficient (Wildman–Crippen LogP) is 6.93. The molecule has 0 spiro atoms. The summed E-state index contributed by atoms with van der Waals surface area (Å²) in [6.45, 7) is 2.93. The summed E-state index contributed by atoms with van der Waals surface area (Å²) in [7, 11) is 0. The molecule has 3 rings (SSSR count). The van der Waals surface area contributed by atoms with Gasteiger partial charge in [0.05, 0.1) is 5.02 Å². The van der Waals surface area contributed by atoms with Crippen LogP contribution in [-0.2, 0) is 19.6 Å². The van der Waals surface area contributed by atoms with Gasteiger partial charge in [0.15, 0.2) is 0 Å². The zero-order valence-corrected chi connectivity index (χ0v) is 18.6. The van der Waals surface area contributed by atoms with Crippen LogP contribution in [0.3, 0.4) is 0 Å². The molecule has 152 valence electrons. The van der Waals surface area contributed by atoms with Crippen LogP contribution in [0.15, 0.2) is 71.2 Å². The molecule has 0 saturated heterocycles. The van der Waals surface area contributed by atoms with Crippen molar-refractivity contribution in [2.45, 2.75) is 39.0 Å². The van der Waals surface area contributed by atoms with Gasteiger partial charge >= 0.3 is 0 Å². The molecule has 29 heavy (non-hydrogen) atoms. The number of nitrogens with one attached hydrogen (secondary N) is 1. The first-order valence-corrected chi connectivity index (χ1v) is 10.8. The molecule has 0 aromatic heterocycles. The van der Waals surface area contributed by atoms with Crippen LogP contribution in [0.2, 0.25) is 5.02 Å². The molecular weight excluding hydrogens is 453 g/mol. The van der Waals surface area contributed by atoms with Crippen LogP contribution in [-0.4, -0.2) is 6.04 Å². The number of ether oxygens (including phenoxy) is 1. The molecule has 0 radical (unpaired) electrons. The third-order valence-electron chi connectivity index (χ3n) is 4.81. The first kappa shape index (κ1) is 21.8. The fourth-order valence-corrected chi connectivity index (χ4v) is 3.69. The predicted molar refractivity (Wildman–Crippen MR) is 121 cm³/mol. The Morgan fingerprint density at radius 1 is 1.07 bits per heavy atom. The fraction of sp³-hybridized carbons (Fsp3) is 0.250. The van der Waals surface area contributed by atoms with Gasteiger partial charge in [-0.05, 0) is 55.7 Å². The van der Waals surface area contributed by atoms with Crippen molar-refractivity contribution in [2.75, 3.05) is 0 Å². The van der Waals surface area contributed by atoms with Crippen molar-refractivity contribution in [2.24, 2.45) is 0 Å². The van der Waals surface area contributed by atoms with Crippen LogP contribution in [0.1, 0.15) is 30.0 Å². The van der Waals surface area contributed by atoms with Crippen molar-refractivity contribution in [1.29, 1.82) is 0 Å². The largest absolute Gasteiger partial charge is 0.488 e. The van der Waals surface area contributed by atoms with Crippen LogP contribution in [0.4, 0.5) is 4.39 Å². The number of halogens is 3. The summed E-state index contributed by atoms with van der Waals surface area (Å²) in [6.07, 6.45) is 2.07. The highest BCUT2D eigenvalue weighted by Gasteiger charge is 2.11. The van der Waals surface area contributed by atoms with E-state index in [4.69, 9.17) is 16.3 Å². The molecule has 0 heterocycles. The Morgan fingerprint density at radius 3 is 2.62 bits per heavy atom. The lowest BCUT2D eigenvalue weighted by Gasteiger charge is -2.17. The average Bonchev–Trinajstić information content (AvgIpc) is 2.72. The van der Waals surface area contributed by atoms with E-state index in [2.05, 4.69) is 52.4 Å². The monoisotopic (exact) mass is 475 g/mol. The number of aryl methyl sites for hydroxylation is 1. The molecule has 2 nitrogen and oxygen atoms in total. The Balaban J connectivity index is 1.59. The summed E-state index contributed by atoms with van der Waals surface area (Å²) < 4.78 is 20.9. The van der Waals surface area contributed by atoms with Crippen LogP contribution >= 0.6 is 27.5 Å². The van der Waals surface area contributed by atoms with Gasteiger partial charge in [0.2, 0.25) is 0 Å². The second-order valence-corrected chi connectivity index (χ2v) is 8.37. The van der Waals surface area contributed by atoms with Gasteiger partial charge in [0.25, 0.3) is 0 Å². The standard InChI is InChI=1S/C24H24BrClFNO/c1-17(10-11-18-6-3-2-4-7-18)28-15-19-14-20(25)12-13-24(19)29-16-21-22(26)8-5-9-23(21)27/h2-9,12-14,17,28H,10-11,15-16H2,1H3. The molecule has 0 amide bonds. The van der Waals surface area contributed by atoms with E-state index >= 15 is 0 Å². The molecule has 3 aromatic rings. The molecule has 1 atom stereocenters. The second-order valence-electron chi connectivity index (χ2n) is 7.05. The summed E-state index contributed by atoms with van der Waals surface area (Å²) in [6, 6.07) is 21.3. The maximum absolute atomic E-state index is 14.0. The van der Waals surface area contributed by atoms with Crippen molar-refractivity contribution in [3.05, 3.63) is 98.7 Å². The lowest BCUT2D eigenvalue weighted by molar-refractivity contribution is 0.295. The SMILES string of the molecule is CC(CCc1ccccc1)NCc1cc(Br)ccc1OCc1c(F)cccc1Cl. The molecule has 1 unspecified atom stereocenters. The fourth-order valence-electron chi connectivity index (χ4n) is 3.06. The summed E-state index contributed by atoms with van der Waals surface area (Å²) in [5.41, 5.74) is 2.72. The highest BCUT2D eigenvalue weighted by Crippen LogP contribution is 2.26. The number of rotatable bonds is 9. The Bertz CT molecular complexity index is 915. The maximum atomic E-state index is 14.0. The van der Waals surface area contributed by atoms with E-state index in [1.807, 2.05) is 24.3 Å². The number of hydrogen-bond donors (Lipinski definition) is 1. The summed E-state index contributed by atoms with van der Waals surface area (Å²) in [5, 5.41) is 3.93. The molecule has 5 heteroatoms. The zero-order chi connectivity index (χ0) is 20.6. The lowest BCUT2D eigenvalue weighted by atomic mass is 10.1. The minimum absolute atomic E-state index is 0.0870. The highest BCUT2D eigenvalue weighted by molar-refractivity contribution is 9.10. The first-order valence-electron chi connectivity index (χ1n) is 9.64. The van der Waals surface area contributed by atoms with Crippen LogP contribution in [0.25, 0.3) is 0 Å². The van der Waals surface area contributed by atoms with E-state index in [1.54, 1.807) is 12.1 Å². The zero-order valence-electron chi connectivity index (χ0n) is 16.3. The van der Waals surface area contributed by atoms with Gasteiger partial charge in [-0.15, -0.1) is 0 Å². The Kier molecular flexibility index (Phi) is 8.10. The van der Waals surface area contributed by atoms with Gasteiger partial charge < -0.3 is 10.1 Å². The molecule has 0 bridgehead atoms. The normalized spacial score (nSPS) is 12.0. The Hall–Kier alpha value is -1.88. The minimum Gasteiger partial charge on any atom is -0.488 e. The van der Waals surface area contributed by atoms with Gasteiger partial charge in [0.1, 0.15) is 18.2 Å². The summed E-state index contributed by atoms with van der Waals surface area (Å²) in [4.78, 5) is 0. The molecule has 0 fully saturated rings. The van der Waals surface area contributed by atoms with Crippen molar-refractivity contribution >= 4 is 27.5 Å². The van der Waals surface area contributed by atoms with E-state index in [1.165, 1.54) is 11.6 Å². The van der Waals surface area contributed by atoms with E-state index in [0.29, 0.717) is 23.2 Å². The molecule has 0 aliphatic heterocycles. The Morgan fingerprint density at radius 2 is 1.86 bits per heavy atom. The van der Waals surface area contributed by atoms with Gasteiger partial charge in [-0.1, -0.05) is 63.9 Å². The second kappa shape index (κ2) is 10.8. The maximum Gasteiger partial charge on any atom is 0.131 e. The quantitative estimate of drug-likeness (QED) is 0.361. The van der Waals surface area contributed by atoms with E-state index in [0.717, 1.165) is 28.6 Å². The highest BCUT2D eigenvalue weighted by atomic mass is 79.9. The third-order valence-corrected chi connectivity index (χ3v) is 5.65. The van der Waals surface area contributed by atoms with E-state index in [-0.39, 0.29) is 12.4 Å². The van der Waals surface area contributed by atoms with Gasteiger partial charge in [-0.3, -0.25) is 0 Å². The van der Waals surface area contributed by atoms with E-state index < -0.39 is 0 Å². The van der Waals surface area contributed by atoms with Crippen molar-refractivity contribution < 1.29 is 9.13 Å². The van der Waals surface area contributed by atoms with Gasteiger partial charge in [-0.25, -0.2) is 4.39 Å². The summed E-state index contributed by atoms with van der Waals surface area (Å²) >= 11 is 9.63. The number of hydrogen-bond acceptors (Lipinski definition) is 2. The minimum atomic E-state index is -0.358. The molecule has 1 N–H and O–H groups in total. The first-order chi connectivity index (χ1) is 14.0. The molecular formula is C24H24BrClFNO. The van der Waals surface area contributed by atoms with E-state index in [9.17, 15) is 4.39 Å². The molecule has 0 aliphatic rings. The van der Waals surface area contributed by atoms with Crippen LogP contribution < -0.4 is 10.1 Å². The third kappa shape index (κ3) is 6.56. The Labute approximate surface area is 185 Å². The van der Waals surface area contributed by atoms with Crippen molar-refractivity contribution in [3.8, 4) is 5.75 Å². The van der Waals surface area contributed by atoms with Crippen LogP contribution in [0.5, 0.6) is 5.75 Å². The summed E-state index contributed by atoms with van der Waals surface area (Å²) in [5.74, 6) is 0.360.